The Hall–Kier alpha value is -1.38. The van der Waals surface area contributed by atoms with Crippen LogP contribution in [0.4, 0.5) is 4.39 Å². The quantitative estimate of drug-likeness (QED) is 0.623. The predicted molar refractivity (Wildman–Crippen MR) is 44.9 cm³/mol. The van der Waals surface area contributed by atoms with Crippen LogP contribution in [0.25, 0.3) is 5.70 Å². The van der Waals surface area contributed by atoms with E-state index in [4.69, 9.17) is 0 Å². The van der Waals surface area contributed by atoms with Crippen molar-refractivity contribution in [3.05, 3.63) is 36.4 Å². The molecule has 0 amide bonds. The molecule has 0 aliphatic heterocycles. The summed E-state index contributed by atoms with van der Waals surface area (Å²) < 4.78 is 14.4. The van der Waals surface area contributed by atoms with Crippen LogP contribution in [-0.4, -0.2) is 9.78 Å². The Morgan fingerprint density at radius 1 is 1.33 bits per heavy atom. The Morgan fingerprint density at radius 3 is 2.83 bits per heavy atom. The maximum Gasteiger partial charge on any atom is 0.100 e. The molecule has 0 N–H and O–H groups in total. The van der Waals surface area contributed by atoms with Gasteiger partial charge >= 0.3 is 0 Å². The van der Waals surface area contributed by atoms with Crippen molar-refractivity contribution in [3.8, 4) is 0 Å². The summed E-state index contributed by atoms with van der Waals surface area (Å²) in [6, 6.07) is 1.86. The van der Waals surface area contributed by atoms with E-state index in [-0.39, 0.29) is 5.83 Å². The highest BCUT2D eigenvalue weighted by atomic mass is 19.1. The molecule has 1 aliphatic carbocycles. The van der Waals surface area contributed by atoms with Crippen molar-refractivity contribution in [1.29, 1.82) is 0 Å². The zero-order valence-corrected chi connectivity index (χ0v) is 6.57. The van der Waals surface area contributed by atoms with Crippen LogP contribution in [-0.2, 0) is 0 Å². The molecular weight excluding hydrogens is 155 g/mol. The normalized spacial score (nSPS) is 17.1. The number of nitrogens with zero attached hydrogens (tertiary/aromatic N) is 2. The zero-order chi connectivity index (χ0) is 8.39. The number of aromatic nitrogens is 2. The number of hydrogen-bond donors (Lipinski definition) is 0. The Kier molecular flexibility index (Phi) is 1.78. The lowest BCUT2D eigenvalue weighted by molar-refractivity contribution is 0.584. The summed E-state index contributed by atoms with van der Waals surface area (Å²) in [4.78, 5) is 0. The van der Waals surface area contributed by atoms with E-state index in [2.05, 4.69) is 5.10 Å². The summed E-state index contributed by atoms with van der Waals surface area (Å²) in [5, 5.41) is 4.06. The Bertz CT molecular complexity index is 322. The number of allylic oxidation sites excluding steroid dienone is 4. The summed E-state index contributed by atoms with van der Waals surface area (Å²) in [5.74, 6) is -0.0501. The van der Waals surface area contributed by atoms with Crippen molar-refractivity contribution < 1.29 is 4.39 Å². The molecule has 0 spiro atoms. The van der Waals surface area contributed by atoms with Gasteiger partial charge in [-0.3, -0.25) is 0 Å². The van der Waals surface area contributed by atoms with E-state index in [0.29, 0.717) is 6.42 Å². The second kappa shape index (κ2) is 2.93. The van der Waals surface area contributed by atoms with Gasteiger partial charge in [-0.05, 0) is 24.6 Å². The van der Waals surface area contributed by atoms with Crippen LogP contribution in [0.15, 0.2) is 36.4 Å². The third-order valence-electron chi connectivity index (χ3n) is 1.88. The van der Waals surface area contributed by atoms with Crippen molar-refractivity contribution in [2.24, 2.45) is 0 Å². The lowest BCUT2D eigenvalue weighted by atomic mass is 10.1. The largest absolute Gasteiger partial charge is 0.245 e. The van der Waals surface area contributed by atoms with E-state index < -0.39 is 0 Å². The SMILES string of the molecule is FC1=CC=C(n2cccn2)CC1. The molecule has 0 radical (unpaired) electrons. The molecule has 62 valence electrons. The second-order valence-electron chi connectivity index (χ2n) is 2.72. The molecule has 3 heteroatoms. The van der Waals surface area contributed by atoms with Gasteiger partial charge in [-0.25, -0.2) is 9.07 Å². The maximum absolute atomic E-state index is 12.6. The minimum Gasteiger partial charge on any atom is -0.245 e. The molecular formula is C9H9FN2. The first-order valence-corrected chi connectivity index (χ1v) is 3.91. The Balaban J connectivity index is 2.27. The average molecular weight is 164 g/mol. The Labute approximate surface area is 70.0 Å². The molecule has 0 aromatic carbocycles. The van der Waals surface area contributed by atoms with Gasteiger partial charge in [0.1, 0.15) is 5.83 Å². The summed E-state index contributed by atoms with van der Waals surface area (Å²) in [7, 11) is 0. The van der Waals surface area contributed by atoms with Gasteiger partial charge in [0.2, 0.25) is 0 Å². The van der Waals surface area contributed by atoms with E-state index in [0.717, 1.165) is 12.1 Å². The highest BCUT2D eigenvalue weighted by Crippen LogP contribution is 2.21. The topological polar surface area (TPSA) is 17.8 Å². The molecule has 0 bridgehead atoms. The minimum atomic E-state index is -0.0501. The summed E-state index contributed by atoms with van der Waals surface area (Å²) in [6.07, 6.45) is 8.07. The van der Waals surface area contributed by atoms with Crippen molar-refractivity contribution in [2.45, 2.75) is 12.8 Å². The molecule has 1 heterocycles. The van der Waals surface area contributed by atoms with Crippen molar-refractivity contribution in [2.75, 3.05) is 0 Å². The molecule has 2 nitrogen and oxygen atoms in total. The fourth-order valence-corrected chi connectivity index (χ4v) is 1.23. The van der Waals surface area contributed by atoms with Crippen LogP contribution in [0.5, 0.6) is 0 Å². The molecule has 12 heavy (non-hydrogen) atoms. The maximum atomic E-state index is 12.6. The summed E-state index contributed by atoms with van der Waals surface area (Å²) in [5.41, 5.74) is 1.04. The van der Waals surface area contributed by atoms with Crippen LogP contribution >= 0.6 is 0 Å². The van der Waals surface area contributed by atoms with Gasteiger partial charge < -0.3 is 0 Å². The van der Waals surface area contributed by atoms with Gasteiger partial charge in [0.15, 0.2) is 0 Å². The number of rotatable bonds is 1. The van der Waals surface area contributed by atoms with Crippen molar-refractivity contribution in [1.82, 2.24) is 9.78 Å². The van der Waals surface area contributed by atoms with Gasteiger partial charge in [0, 0.05) is 24.5 Å². The predicted octanol–water partition coefficient (Wildman–Crippen LogP) is 2.37. The van der Waals surface area contributed by atoms with Crippen LogP contribution in [0.1, 0.15) is 12.8 Å². The zero-order valence-electron chi connectivity index (χ0n) is 6.57. The highest BCUT2D eigenvalue weighted by Gasteiger charge is 2.06. The standard InChI is InChI=1S/C9H9FN2/c10-8-2-4-9(5-3-8)12-7-1-6-11-12/h1-2,4,6-7H,3,5H2. The van der Waals surface area contributed by atoms with Gasteiger partial charge in [-0.1, -0.05) is 0 Å². The van der Waals surface area contributed by atoms with E-state index >= 15 is 0 Å². The molecule has 0 atom stereocenters. The van der Waals surface area contributed by atoms with Crippen LogP contribution < -0.4 is 0 Å². The van der Waals surface area contributed by atoms with E-state index in [1.165, 1.54) is 6.08 Å². The lowest BCUT2D eigenvalue weighted by Gasteiger charge is -2.09. The Morgan fingerprint density at radius 2 is 2.25 bits per heavy atom. The van der Waals surface area contributed by atoms with Gasteiger partial charge in [0.05, 0.1) is 0 Å². The smallest absolute Gasteiger partial charge is 0.100 e. The molecule has 0 saturated heterocycles. The van der Waals surface area contributed by atoms with Crippen LogP contribution in [0.3, 0.4) is 0 Å². The lowest BCUT2D eigenvalue weighted by Crippen LogP contribution is -1.99. The highest BCUT2D eigenvalue weighted by molar-refractivity contribution is 5.49. The van der Waals surface area contributed by atoms with Crippen LogP contribution in [0, 0.1) is 0 Å². The summed E-state index contributed by atoms with van der Waals surface area (Å²) in [6.45, 7) is 0. The molecule has 1 aromatic heterocycles. The fraction of sp³-hybridized carbons (Fsp3) is 0.222. The number of halogens is 1. The first kappa shape index (κ1) is 7.28. The molecule has 0 unspecified atom stereocenters. The van der Waals surface area contributed by atoms with Gasteiger partial charge in [-0.15, -0.1) is 0 Å². The first-order valence-electron chi connectivity index (χ1n) is 3.91. The second-order valence-corrected chi connectivity index (χ2v) is 2.72. The molecule has 1 aromatic rings. The average Bonchev–Trinajstić information content (AvgIpc) is 2.58. The van der Waals surface area contributed by atoms with Crippen LogP contribution in [0.2, 0.25) is 0 Å². The third-order valence-corrected chi connectivity index (χ3v) is 1.88. The van der Waals surface area contributed by atoms with E-state index in [1.807, 2.05) is 12.3 Å². The fourth-order valence-electron chi connectivity index (χ4n) is 1.23. The van der Waals surface area contributed by atoms with E-state index in [9.17, 15) is 4.39 Å². The molecule has 2 rings (SSSR count). The third kappa shape index (κ3) is 1.30. The monoisotopic (exact) mass is 164 g/mol. The molecule has 0 fully saturated rings. The van der Waals surface area contributed by atoms with Gasteiger partial charge in [0.25, 0.3) is 0 Å². The number of hydrogen-bond acceptors (Lipinski definition) is 1. The first-order chi connectivity index (χ1) is 5.86. The molecule has 0 saturated carbocycles. The van der Waals surface area contributed by atoms with Crippen molar-refractivity contribution >= 4 is 5.70 Å². The molecule has 1 aliphatic rings. The summed E-state index contributed by atoms with van der Waals surface area (Å²) >= 11 is 0. The van der Waals surface area contributed by atoms with E-state index in [1.54, 1.807) is 17.0 Å². The van der Waals surface area contributed by atoms with Crippen molar-refractivity contribution in [3.63, 3.8) is 0 Å². The van der Waals surface area contributed by atoms with Gasteiger partial charge in [-0.2, -0.15) is 5.10 Å². The minimum absolute atomic E-state index is 0.0501.